The second-order valence-corrected chi connectivity index (χ2v) is 6.89. The molecule has 1 heterocycles. The molecule has 2 aromatic carbocycles. The molecular formula is C20H22FNO4. The van der Waals surface area contributed by atoms with Crippen LogP contribution in [0.2, 0.25) is 0 Å². The first-order valence-corrected chi connectivity index (χ1v) is 8.51. The van der Waals surface area contributed by atoms with E-state index >= 15 is 0 Å². The number of rotatable bonds is 6. The van der Waals surface area contributed by atoms with Crippen molar-refractivity contribution in [3.63, 3.8) is 0 Å². The summed E-state index contributed by atoms with van der Waals surface area (Å²) in [5, 5.41) is 20.7. The van der Waals surface area contributed by atoms with Crippen LogP contribution in [0.5, 0.6) is 5.75 Å². The average molecular weight is 359 g/mol. The highest BCUT2D eigenvalue weighted by molar-refractivity contribution is 5.94. The first kappa shape index (κ1) is 18.4. The van der Waals surface area contributed by atoms with Gasteiger partial charge in [-0.1, -0.05) is 12.1 Å². The number of aliphatic hydroxyl groups excluding tert-OH is 2. The quantitative estimate of drug-likeness (QED) is 0.735. The molecule has 0 radical (unpaired) electrons. The van der Waals surface area contributed by atoms with Crippen LogP contribution in [-0.4, -0.2) is 41.0 Å². The van der Waals surface area contributed by atoms with E-state index in [1.54, 1.807) is 30.3 Å². The summed E-state index contributed by atoms with van der Waals surface area (Å²) < 4.78 is 19.2. The van der Waals surface area contributed by atoms with Gasteiger partial charge in [0.2, 0.25) is 0 Å². The molecule has 0 bridgehead atoms. The number of amides is 1. The fraction of sp³-hybridized carbons (Fsp3) is 0.350. The summed E-state index contributed by atoms with van der Waals surface area (Å²) in [4.78, 5) is 12.2. The number of ether oxygens (including phenoxy) is 1. The van der Waals surface area contributed by atoms with Gasteiger partial charge in [0.25, 0.3) is 5.91 Å². The number of benzene rings is 2. The van der Waals surface area contributed by atoms with Gasteiger partial charge in [-0.25, -0.2) is 4.39 Å². The molecule has 3 rings (SSSR count). The van der Waals surface area contributed by atoms with Crippen LogP contribution in [0.15, 0.2) is 42.5 Å². The maximum absolute atomic E-state index is 13.1. The van der Waals surface area contributed by atoms with Gasteiger partial charge in [0, 0.05) is 18.4 Å². The van der Waals surface area contributed by atoms with E-state index in [4.69, 9.17) is 14.9 Å². The maximum atomic E-state index is 13.1. The molecule has 1 amide bonds. The molecule has 3 N–H and O–H groups in total. The SMILES string of the molecule is C[C@]1(Cc2ccc(F)cc2)Cc2cc(C(=O)NC(CO)CO)ccc2O1. The number of halogens is 1. The molecule has 26 heavy (non-hydrogen) atoms. The predicted molar refractivity (Wildman–Crippen MR) is 94.7 cm³/mol. The first-order chi connectivity index (χ1) is 12.4. The van der Waals surface area contributed by atoms with E-state index in [2.05, 4.69) is 5.32 Å². The summed E-state index contributed by atoms with van der Waals surface area (Å²) in [7, 11) is 0. The molecule has 6 heteroatoms. The Hall–Kier alpha value is -2.44. The first-order valence-electron chi connectivity index (χ1n) is 8.51. The fourth-order valence-corrected chi connectivity index (χ4v) is 3.21. The Balaban J connectivity index is 1.72. The molecule has 1 aliphatic heterocycles. The molecule has 2 aromatic rings. The second kappa shape index (κ2) is 7.43. The monoisotopic (exact) mass is 359 g/mol. The molecule has 0 saturated carbocycles. The largest absolute Gasteiger partial charge is 0.487 e. The molecule has 1 atom stereocenters. The van der Waals surface area contributed by atoms with Crippen molar-refractivity contribution >= 4 is 5.91 Å². The molecule has 138 valence electrons. The van der Waals surface area contributed by atoms with E-state index in [1.165, 1.54) is 12.1 Å². The van der Waals surface area contributed by atoms with Crippen LogP contribution >= 0.6 is 0 Å². The van der Waals surface area contributed by atoms with E-state index in [9.17, 15) is 9.18 Å². The van der Waals surface area contributed by atoms with Gasteiger partial charge in [0.15, 0.2) is 0 Å². The van der Waals surface area contributed by atoms with Gasteiger partial charge in [0.05, 0.1) is 19.3 Å². The maximum Gasteiger partial charge on any atom is 0.251 e. The highest BCUT2D eigenvalue weighted by Crippen LogP contribution is 2.37. The van der Waals surface area contributed by atoms with Crippen LogP contribution in [0.4, 0.5) is 4.39 Å². The third-order valence-corrected chi connectivity index (χ3v) is 4.51. The molecular weight excluding hydrogens is 337 g/mol. The highest BCUT2D eigenvalue weighted by atomic mass is 19.1. The lowest BCUT2D eigenvalue weighted by molar-refractivity contribution is 0.0879. The minimum Gasteiger partial charge on any atom is -0.487 e. The Morgan fingerprint density at radius 2 is 1.92 bits per heavy atom. The molecule has 0 aromatic heterocycles. The highest BCUT2D eigenvalue weighted by Gasteiger charge is 2.35. The van der Waals surface area contributed by atoms with Gasteiger partial charge >= 0.3 is 0 Å². The van der Waals surface area contributed by atoms with Crippen LogP contribution in [0.1, 0.15) is 28.4 Å². The van der Waals surface area contributed by atoms with Crippen molar-refractivity contribution in [1.82, 2.24) is 5.32 Å². The number of fused-ring (bicyclic) bond motifs is 1. The Kier molecular flexibility index (Phi) is 5.25. The van der Waals surface area contributed by atoms with Gasteiger partial charge in [0.1, 0.15) is 17.2 Å². The van der Waals surface area contributed by atoms with Gasteiger partial charge < -0.3 is 20.3 Å². The molecule has 0 aliphatic carbocycles. The smallest absolute Gasteiger partial charge is 0.251 e. The third kappa shape index (κ3) is 4.03. The van der Waals surface area contributed by atoms with Crippen LogP contribution in [0, 0.1) is 5.82 Å². The van der Waals surface area contributed by atoms with Gasteiger partial charge in [-0.15, -0.1) is 0 Å². The lowest BCUT2D eigenvalue weighted by Crippen LogP contribution is -2.40. The zero-order valence-electron chi connectivity index (χ0n) is 14.5. The lowest BCUT2D eigenvalue weighted by atomic mass is 9.91. The minimum absolute atomic E-state index is 0.269. The standard InChI is InChI=1S/C20H22FNO4/c1-20(9-13-2-5-16(21)6-3-13)10-15-8-14(4-7-18(15)26-20)19(25)22-17(11-23)12-24/h2-8,17,23-24H,9-12H2,1H3,(H,22,25)/t20-/m0/s1. The summed E-state index contributed by atoms with van der Waals surface area (Å²) in [5.41, 5.74) is 1.89. The van der Waals surface area contributed by atoms with Crippen LogP contribution in [0.3, 0.4) is 0 Å². The van der Waals surface area contributed by atoms with Crippen LogP contribution in [0.25, 0.3) is 0 Å². The van der Waals surface area contributed by atoms with E-state index < -0.39 is 11.6 Å². The fourth-order valence-electron chi connectivity index (χ4n) is 3.21. The summed E-state index contributed by atoms with van der Waals surface area (Å²) in [6.07, 6.45) is 1.25. The Morgan fingerprint density at radius 3 is 2.58 bits per heavy atom. The lowest BCUT2D eigenvalue weighted by Gasteiger charge is -2.24. The van der Waals surface area contributed by atoms with Crippen LogP contribution < -0.4 is 10.1 Å². The second-order valence-electron chi connectivity index (χ2n) is 6.89. The van der Waals surface area contributed by atoms with E-state index in [1.807, 2.05) is 6.92 Å². The Morgan fingerprint density at radius 1 is 1.23 bits per heavy atom. The minimum atomic E-state index is -0.684. The molecule has 0 unspecified atom stereocenters. The van der Waals surface area contributed by atoms with Crippen molar-refractivity contribution in [3.8, 4) is 5.75 Å². The van der Waals surface area contributed by atoms with Crippen molar-refractivity contribution < 1.29 is 24.1 Å². The average Bonchev–Trinajstić information content (AvgIpc) is 2.96. The molecule has 5 nitrogen and oxygen atoms in total. The van der Waals surface area contributed by atoms with Gasteiger partial charge in [-0.2, -0.15) is 0 Å². The zero-order chi connectivity index (χ0) is 18.7. The number of hydrogen-bond donors (Lipinski definition) is 3. The predicted octanol–water partition coefficient (Wildman–Crippen LogP) is 1.84. The summed E-state index contributed by atoms with van der Waals surface area (Å²) in [5.74, 6) is 0.106. The molecule has 1 aliphatic rings. The topological polar surface area (TPSA) is 78.8 Å². The van der Waals surface area contributed by atoms with Crippen molar-refractivity contribution in [2.75, 3.05) is 13.2 Å². The number of nitrogens with one attached hydrogen (secondary N) is 1. The summed E-state index contributed by atoms with van der Waals surface area (Å²) >= 11 is 0. The zero-order valence-corrected chi connectivity index (χ0v) is 14.5. The number of carbonyl (C=O) groups is 1. The van der Waals surface area contributed by atoms with Gasteiger partial charge in [-0.05, 0) is 48.4 Å². The normalized spacial score (nSPS) is 18.5. The van der Waals surface area contributed by atoms with E-state index in [0.29, 0.717) is 18.4 Å². The van der Waals surface area contributed by atoms with E-state index in [0.717, 1.165) is 16.9 Å². The van der Waals surface area contributed by atoms with Crippen molar-refractivity contribution in [3.05, 3.63) is 65.0 Å². The van der Waals surface area contributed by atoms with Crippen molar-refractivity contribution in [2.45, 2.75) is 31.4 Å². The third-order valence-electron chi connectivity index (χ3n) is 4.51. The summed E-state index contributed by atoms with van der Waals surface area (Å²) in [6, 6.07) is 10.9. The van der Waals surface area contributed by atoms with Crippen LogP contribution in [-0.2, 0) is 12.8 Å². The number of hydrogen-bond acceptors (Lipinski definition) is 4. The van der Waals surface area contributed by atoms with Crippen molar-refractivity contribution in [2.24, 2.45) is 0 Å². The molecule has 0 spiro atoms. The molecule has 0 fully saturated rings. The van der Waals surface area contributed by atoms with Gasteiger partial charge in [-0.3, -0.25) is 4.79 Å². The number of carbonyl (C=O) groups excluding carboxylic acids is 1. The number of aliphatic hydroxyl groups is 2. The Labute approximate surface area is 151 Å². The van der Waals surface area contributed by atoms with E-state index in [-0.39, 0.29) is 24.9 Å². The molecule has 0 saturated heterocycles. The Bertz CT molecular complexity index is 789. The van der Waals surface area contributed by atoms with Crippen molar-refractivity contribution in [1.29, 1.82) is 0 Å². The summed E-state index contributed by atoms with van der Waals surface area (Å²) in [6.45, 7) is 1.34.